The topological polar surface area (TPSA) is 68.3 Å². The van der Waals surface area contributed by atoms with Gasteiger partial charge in [-0.3, -0.25) is 9.59 Å². The number of ether oxygens (including phenoxy) is 3. The first kappa shape index (κ1) is 22.3. The second-order valence-electron chi connectivity index (χ2n) is 6.91. The smallest absolute Gasteiger partial charge is 0.387 e. The Bertz CT molecular complexity index is 930. The Balaban J connectivity index is 1.59. The second kappa shape index (κ2) is 10.1. The molecule has 0 N–H and O–H groups in total. The molecule has 1 fully saturated rings. The molecule has 1 aliphatic heterocycles. The molecule has 0 unspecified atom stereocenters. The van der Waals surface area contributed by atoms with Gasteiger partial charge < -0.3 is 24.0 Å². The van der Waals surface area contributed by atoms with Crippen LogP contribution in [0.2, 0.25) is 0 Å². The zero-order chi connectivity index (χ0) is 22.4. The summed E-state index contributed by atoms with van der Waals surface area (Å²) in [5, 5.41) is 0. The summed E-state index contributed by atoms with van der Waals surface area (Å²) in [5.41, 5.74) is 0.868. The third kappa shape index (κ3) is 5.42. The summed E-state index contributed by atoms with van der Waals surface area (Å²) >= 11 is 0. The van der Waals surface area contributed by atoms with Gasteiger partial charge in [-0.2, -0.15) is 8.78 Å². The third-order valence-corrected chi connectivity index (χ3v) is 5.06. The average Bonchev–Trinajstić information content (AvgIpc) is 2.78. The van der Waals surface area contributed by atoms with Gasteiger partial charge in [0.25, 0.3) is 5.91 Å². The number of carbonyl (C=O) groups is 2. The Morgan fingerprint density at radius 3 is 2.19 bits per heavy atom. The Morgan fingerprint density at radius 2 is 1.55 bits per heavy atom. The lowest BCUT2D eigenvalue weighted by Crippen LogP contribution is -2.51. The summed E-state index contributed by atoms with van der Waals surface area (Å²) in [6.45, 7) is -1.69. The summed E-state index contributed by atoms with van der Waals surface area (Å²) in [4.78, 5) is 28.7. The summed E-state index contributed by atoms with van der Waals surface area (Å²) in [7, 11) is 3.08. The van der Waals surface area contributed by atoms with Crippen LogP contribution in [0.1, 0.15) is 15.9 Å². The van der Waals surface area contributed by atoms with Crippen molar-refractivity contribution in [1.29, 1.82) is 0 Å². The van der Waals surface area contributed by atoms with Gasteiger partial charge >= 0.3 is 6.61 Å². The highest BCUT2D eigenvalue weighted by molar-refractivity contribution is 5.97. The molecule has 0 saturated carbocycles. The van der Waals surface area contributed by atoms with Crippen molar-refractivity contribution in [3.05, 3.63) is 53.6 Å². The summed E-state index contributed by atoms with van der Waals surface area (Å²) in [6, 6.07) is 11.2. The van der Waals surface area contributed by atoms with E-state index < -0.39 is 12.5 Å². The van der Waals surface area contributed by atoms with Crippen LogP contribution < -0.4 is 14.2 Å². The predicted octanol–water partition coefficient (Wildman–Crippen LogP) is 2.83. The van der Waals surface area contributed by atoms with Crippen LogP contribution in [0, 0.1) is 0 Å². The second-order valence-corrected chi connectivity index (χ2v) is 6.91. The molecule has 2 amide bonds. The number of hydrogen-bond donors (Lipinski definition) is 0. The molecule has 2 aromatic rings. The molecule has 3 rings (SSSR count). The number of nitrogens with zero attached hydrogens (tertiary/aromatic N) is 2. The Labute approximate surface area is 179 Å². The van der Waals surface area contributed by atoms with Crippen LogP contribution in [0.15, 0.2) is 42.5 Å². The molecule has 1 aliphatic rings. The standard InChI is InChI=1S/C22H24F2N2O5/c1-29-18-8-7-15(13-19(18)30-2)14-20(27)25-9-11-26(12-10-25)21(28)16-5-3-4-6-17(16)31-22(23)24/h3-8,13,22H,9-12,14H2,1-2H3. The highest BCUT2D eigenvalue weighted by atomic mass is 19.3. The lowest BCUT2D eigenvalue weighted by Gasteiger charge is -2.35. The number of halogens is 2. The SMILES string of the molecule is COc1ccc(CC(=O)N2CCN(C(=O)c3ccccc3OC(F)F)CC2)cc1OC. The van der Waals surface area contributed by atoms with Gasteiger partial charge in [0.15, 0.2) is 11.5 Å². The molecule has 166 valence electrons. The number of hydrogen-bond acceptors (Lipinski definition) is 5. The first-order valence-electron chi connectivity index (χ1n) is 9.74. The van der Waals surface area contributed by atoms with Gasteiger partial charge in [0, 0.05) is 26.2 Å². The van der Waals surface area contributed by atoms with Crippen LogP contribution in [0.4, 0.5) is 8.78 Å². The van der Waals surface area contributed by atoms with Crippen LogP contribution >= 0.6 is 0 Å². The van der Waals surface area contributed by atoms with E-state index >= 15 is 0 Å². The van der Waals surface area contributed by atoms with Crippen LogP contribution in [-0.2, 0) is 11.2 Å². The fourth-order valence-corrected chi connectivity index (χ4v) is 3.45. The van der Waals surface area contributed by atoms with Gasteiger partial charge in [-0.15, -0.1) is 0 Å². The number of alkyl halides is 2. The Kier molecular flexibility index (Phi) is 7.28. The normalized spacial score (nSPS) is 13.8. The third-order valence-electron chi connectivity index (χ3n) is 5.06. The molecule has 0 aromatic heterocycles. The number of methoxy groups -OCH3 is 2. The molecule has 0 bridgehead atoms. The Morgan fingerprint density at radius 1 is 0.903 bits per heavy atom. The molecular weight excluding hydrogens is 410 g/mol. The fraction of sp³-hybridized carbons (Fsp3) is 0.364. The zero-order valence-corrected chi connectivity index (χ0v) is 17.3. The molecule has 0 aliphatic carbocycles. The Hall–Kier alpha value is -3.36. The van der Waals surface area contributed by atoms with E-state index in [0.717, 1.165) is 5.56 Å². The first-order chi connectivity index (χ1) is 14.9. The van der Waals surface area contributed by atoms with E-state index in [1.807, 2.05) is 0 Å². The van der Waals surface area contributed by atoms with Crippen molar-refractivity contribution in [2.45, 2.75) is 13.0 Å². The minimum atomic E-state index is -3.01. The maximum Gasteiger partial charge on any atom is 0.387 e. The maximum atomic E-state index is 12.8. The van der Waals surface area contributed by atoms with Crippen molar-refractivity contribution < 1.29 is 32.6 Å². The average molecular weight is 434 g/mol. The van der Waals surface area contributed by atoms with Crippen molar-refractivity contribution in [2.24, 2.45) is 0 Å². The highest BCUT2D eigenvalue weighted by Crippen LogP contribution is 2.28. The van der Waals surface area contributed by atoms with Crippen molar-refractivity contribution in [3.63, 3.8) is 0 Å². The molecule has 7 nitrogen and oxygen atoms in total. The van der Waals surface area contributed by atoms with Crippen LogP contribution in [0.3, 0.4) is 0 Å². The molecule has 0 radical (unpaired) electrons. The van der Waals surface area contributed by atoms with Gasteiger partial charge in [0.2, 0.25) is 5.91 Å². The number of carbonyl (C=O) groups excluding carboxylic acids is 2. The summed E-state index contributed by atoms with van der Waals surface area (Å²) in [5.74, 6) is 0.508. The number of rotatable bonds is 7. The molecule has 1 heterocycles. The monoisotopic (exact) mass is 434 g/mol. The van der Waals surface area contributed by atoms with Gasteiger partial charge in [-0.1, -0.05) is 18.2 Å². The maximum absolute atomic E-state index is 12.8. The van der Waals surface area contributed by atoms with E-state index in [9.17, 15) is 18.4 Å². The van der Waals surface area contributed by atoms with Gasteiger partial charge in [0.05, 0.1) is 26.2 Å². The van der Waals surface area contributed by atoms with Crippen molar-refractivity contribution in [1.82, 2.24) is 9.80 Å². The summed E-state index contributed by atoms with van der Waals surface area (Å²) in [6.07, 6.45) is 0.194. The van der Waals surface area contributed by atoms with E-state index in [0.29, 0.717) is 37.7 Å². The highest BCUT2D eigenvalue weighted by Gasteiger charge is 2.27. The van der Waals surface area contributed by atoms with E-state index in [1.165, 1.54) is 30.2 Å². The number of benzene rings is 2. The molecule has 31 heavy (non-hydrogen) atoms. The van der Waals surface area contributed by atoms with E-state index in [4.69, 9.17) is 9.47 Å². The van der Waals surface area contributed by atoms with E-state index in [-0.39, 0.29) is 23.6 Å². The number of para-hydroxylation sites is 1. The molecule has 9 heteroatoms. The largest absolute Gasteiger partial charge is 0.493 e. The number of piperazine rings is 1. The molecule has 0 spiro atoms. The first-order valence-corrected chi connectivity index (χ1v) is 9.74. The van der Waals surface area contributed by atoms with E-state index in [2.05, 4.69) is 4.74 Å². The molecule has 1 saturated heterocycles. The minimum Gasteiger partial charge on any atom is -0.493 e. The quantitative estimate of drug-likeness (QED) is 0.671. The van der Waals surface area contributed by atoms with Gasteiger partial charge in [-0.05, 0) is 29.8 Å². The van der Waals surface area contributed by atoms with Crippen molar-refractivity contribution in [2.75, 3.05) is 40.4 Å². The van der Waals surface area contributed by atoms with Crippen LogP contribution in [0.25, 0.3) is 0 Å². The molecule has 0 atom stereocenters. The predicted molar refractivity (Wildman–Crippen MR) is 109 cm³/mol. The molecular formula is C22H24F2N2O5. The van der Waals surface area contributed by atoms with Crippen molar-refractivity contribution in [3.8, 4) is 17.2 Å². The van der Waals surface area contributed by atoms with E-state index in [1.54, 1.807) is 36.3 Å². The zero-order valence-electron chi connectivity index (χ0n) is 17.3. The van der Waals surface area contributed by atoms with Gasteiger partial charge in [0.1, 0.15) is 5.75 Å². The van der Waals surface area contributed by atoms with Crippen molar-refractivity contribution >= 4 is 11.8 Å². The van der Waals surface area contributed by atoms with Crippen LogP contribution in [-0.4, -0.2) is 68.6 Å². The lowest BCUT2D eigenvalue weighted by atomic mass is 10.1. The number of amides is 2. The molecule has 2 aromatic carbocycles. The lowest BCUT2D eigenvalue weighted by molar-refractivity contribution is -0.131. The van der Waals surface area contributed by atoms with Crippen LogP contribution in [0.5, 0.6) is 17.2 Å². The fourth-order valence-electron chi connectivity index (χ4n) is 3.45. The van der Waals surface area contributed by atoms with Gasteiger partial charge in [-0.25, -0.2) is 0 Å². The summed E-state index contributed by atoms with van der Waals surface area (Å²) < 4.78 is 40.1. The minimum absolute atomic E-state index is 0.0687.